The summed E-state index contributed by atoms with van der Waals surface area (Å²) < 4.78 is 12.8. The molecule has 96 valence electrons. The van der Waals surface area contributed by atoms with Gasteiger partial charge in [0, 0.05) is 0 Å². The summed E-state index contributed by atoms with van der Waals surface area (Å²) >= 11 is 0. The highest BCUT2D eigenvalue weighted by Crippen LogP contribution is 2.27. The summed E-state index contributed by atoms with van der Waals surface area (Å²) in [4.78, 5) is 28.5. The third-order valence-electron chi connectivity index (χ3n) is 2.87. The minimum absolute atomic E-state index is 0.369. The molecule has 4 nitrogen and oxygen atoms in total. The highest BCUT2D eigenvalue weighted by atomic mass is 19.1. The lowest BCUT2D eigenvalue weighted by Crippen LogP contribution is -2.25. The van der Waals surface area contributed by atoms with Gasteiger partial charge >= 0.3 is 5.97 Å². The average Bonchev–Trinajstić information content (AvgIpc) is 2.64. The first kappa shape index (κ1) is 12.5. The molecule has 1 aromatic rings. The van der Waals surface area contributed by atoms with Crippen LogP contribution >= 0.6 is 0 Å². The van der Waals surface area contributed by atoms with Gasteiger partial charge in [-0.3, -0.25) is 4.79 Å². The van der Waals surface area contributed by atoms with Crippen LogP contribution in [0.1, 0.15) is 26.2 Å². The van der Waals surface area contributed by atoms with E-state index < -0.39 is 17.7 Å². The smallest absolute Gasteiger partial charge is 0.332 e. The van der Waals surface area contributed by atoms with Gasteiger partial charge in [-0.05, 0) is 30.7 Å². The number of nitrogens with zero attached hydrogens (tertiary/aromatic N) is 1. The van der Waals surface area contributed by atoms with Crippen LogP contribution in [-0.2, 0) is 14.4 Å². The predicted molar refractivity (Wildman–Crippen MR) is 63.0 cm³/mol. The fourth-order valence-corrected chi connectivity index (χ4v) is 1.85. The molecule has 0 spiro atoms. The highest BCUT2D eigenvalue weighted by Gasteiger charge is 2.42. The number of benzene rings is 1. The van der Waals surface area contributed by atoms with Crippen LogP contribution in [0.5, 0.6) is 0 Å². The Labute approximate surface area is 104 Å². The number of hydroxylamine groups is 1. The lowest BCUT2D eigenvalue weighted by molar-refractivity contribution is -0.142. The van der Waals surface area contributed by atoms with E-state index in [-0.39, 0.29) is 5.91 Å². The van der Waals surface area contributed by atoms with Gasteiger partial charge in [-0.15, -0.1) is 5.06 Å². The number of hydrogen-bond acceptors (Lipinski definition) is 3. The molecule has 1 saturated heterocycles. The summed E-state index contributed by atoms with van der Waals surface area (Å²) in [6, 6.07) is 5.25. The standard InChI is InChI=1S/C13H14FNO3/c1-2-3-4-11-12(16)15(18-13(11)17)10-7-5-9(14)6-8-10/h5-8,11H,2-4H2,1H3. The molecule has 1 amide bonds. The molecule has 18 heavy (non-hydrogen) atoms. The summed E-state index contributed by atoms with van der Waals surface area (Å²) in [6.45, 7) is 1.99. The van der Waals surface area contributed by atoms with Crippen molar-refractivity contribution in [3.05, 3.63) is 30.1 Å². The number of carbonyl (C=O) groups is 2. The van der Waals surface area contributed by atoms with Crippen molar-refractivity contribution in [2.45, 2.75) is 26.2 Å². The normalized spacial score (nSPS) is 19.2. The van der Waals surface area contributed by atoms with E-state index in [1.807, 2.05) is 6.92 Å². The van der Waals surface area contributed by atoms with Gasteiger partial charge in [-0.2, -0.15) is 0 Å². The van der Waals surface area contributed by atoms with Gasteiger partial charge in [0.1, 0.15) is 11.7 Å². The summed E-state index contributed by atoms with van der Waals surface area (Å²) in [6.07, 6.45) is 2.20. The van der Waals surface area contributed by atoms with E-state index in [1.54, 1.807) is 0 Å². The zero-order chi connectivity index (χ0) is 13.1. The van der Waals surface area contributed by atoms with Crippen molar-refractivity contribution in [1.29, 1.82) is 0 Å². The maximum atomic E-state index is 12.8. The van der Waals surface area contributed by atoms with Crippen LogP contribution in [0.2, 0.25) is 0 Å². The van der Waals surface area contributed by atoms with E-state index in [2.05, 4.69) is 0 Å². The van der Waals surface area contributed by atoms with E-state index in [9.17, 15) is 14.0 Å². The first-order valence-electron chi connectivity index (χ1n) is 5.95. The number of anilines is 1. The molecule has 1 heterocycles. The first-order valence-corrected chi connectivity index (χ1v) is 5.95. The highest BCUT2D eigenvalue weighted by molar-refractivity contribution is 6.10. The summed E-state index contributed by atoms with van der Waals surface area (Å²) in [5.41, 5.74) is 0.369. The van der Waals surface area contributed by atoms with Gasteiger partial charge in [0.2, 0.25) is 0 Å². The average molecular weight is 251 g/mol. The number of unbranched alkanes of at least 4 members (excludes halogenated alkanes) is 1. The van der Waals surface area contributed by atoms with Gasteiger partial charge < -0.3 is 4.84 Å². The largest absolute Gasteiger partial charge is 0.345 e. The quantitative estimate of drug-likeness (QED) is 0.772. The molecule has 0 aromatic heterocycles. The molecule has 5 heteroatoms. The molecular weight excluding hydrogens is 237 g/mol. The molecule has 0 bridgehead atoms. The van der Waals surface area contributed by atoms with E-state index >= 15 is 0 Å². The number of amides is 1. The van der Waals surface area contributed by atoms with Crippen LogP contribution in [0, 0.1) is 11.7 Å². The van der Waals surface area contributed by atoms with Crippen LogP contribution in [0.25, 0.3) is 0 Å². The first-order chi connectivity index (χ1) is 8.63. The van der Waals surface area contributed by atoms with E-state index in [1.165, 1.54) is 24.3 Å². The Bertz CT molecular complexity index is 458. The SMILES string of the molecule is CCCCC1C(=O)ON(c2ccc(F)cc2)C1=O. The van der Waals surface area contributed by atoms with E-state index in [0.29, 0.717) is 12.1 Å². The van der Waals surface area contributed by atoms with Crippen LogP contribution in [0.3, 0.4) is 0 Å². The minimum Gasteiger partial charge on any atom is -0.332 e. The number of carbonyl (C=O) groups excluding carboxylic acids is 2. The predicted octanol–water partition coefficient (Wildman–Crippen LogP) is 2.44. The van der Waals surface area contributed by atoms with E-state index in [4.69, 9.17) is 4.84 Å². The Morgan fingerprint density at radius 1 is 1.28 bits per heavy atom. The van der Waals surface area contributed by atoms with Gasteiger partial charge in [0.15, 0.2) is 0 Å². The second kappa shape index (κ2) is 5.16. The Hall–Kier alpha value is -1.91. The Morgan fingerprint density at radius 3 is 2.56 bits per heavy atom. The molecule has 0 saturated carbocycles. The van der Waals surface area contributed by atoms with Gasteiger partial charge in [-0.1, -0.05) is 19.8 Å². The molecule has 1 aliphatic heterocycles. The van der Waals surface area contributed by atoms with Gasteiger partial charge in [0.05, 0.1) is 5.69 Å². The van der Waals surface area contributed by atoms with Crippen molar-refractivity contribution in [3.8, 4) is 0 Å². The maximum absolute atomic E-state index is 12.8. The summed E-state index contributed by atoms with van der Waals surface area (Å²) in [5, 5.41) is 0.947. The molecule has 1 unspecified atom stereocenters. The third kappa shape index (κ3) is 2.34. The van der Waals surface area contributed by atoms with Crippen molar-refractivity contribution in [3.63, 3.8) is 0 Å². The van der Waals surface area contributed by atoms with E-state index in [0.717, 1.165) is 17.9 Å². The molecule has 2 rings (SSSR count). The van der Waals surface area contributed by atoms with Gasteiger partial charge in [-0.25, -0.2) is 9.18 Å². The van der Waals surface area contributed by atoms with Crippen LogP contribution < -0.4 is 5.06 Å². The second-order valence-corrected chi connectivity index (χ2v) is 4.21. The van der Waals surface area contributed by atoms with Crippen molar-refractivity contribution >= 4 is 17.6 Å². The fraction of sp³-hybridized carbons (Fsp3) is 0.385. The molecule has 0 aliphatic carbocycles. The molecule has 0 N–H and O–H groups in total. The maximum Gasteiger partial charge on any atom is 0.345 e. The number of halogens is 1. The van der Waals surface area contributed by atoms with Crippen molar-refractivity contribution in [2.75, 3.05) is 5.06 Å². The summed E-state index contributed by atoms with van der Waals surface area (Å²) in [5.74, 6) is -2.04. The zero-order valence-electron chi connectivity index (χ0n) is 10.1. The van der Waals surface area contributed by atoms with Crippen molar-refractivity contribution < 1.29 is 18.8 Å². The monoisotopic (exact) mass is 251 g/mol. The minimum atomic E-state index is -0.727. The Balaban J connectivity index is 2.14. The molecular formula is C13H14FNO3. The molecule has 1 fully saturated rings. The van der Waals surface area contributed by atoms with Crippen LogP contribution in [0.15, 0.2) is 24.3 Å². The van der Waals surface area contributed by atoms with Gasteiger partial charge in [0.25, 0.3) is 5.91 Å². The number of rotatable bonds is 4. The molecule has 1 aromatic carbocycles. The lowest BCUT2D eigenvalue weighted by Gasteiger charge is -2.12. The summed E-state index contributed by atoms with van der Waals surface area (Å²) in [7, 11) is 0. The zero-order valence-corrected chi connectivity index (χ0v) is 10.1. The topological polar surface area (TPSA) is 46.6 Å². The van der Waals surface area contributed by atoms with Crippen LogP contribution in [-0.4, -0.2) is 11.9 Å². The second-order valence-electron chi connectivity index (χ2n) is 4.21. The van der Waals surface area contributed by atoms with Crippen LogP contribution in [0.4, 0.5) is 10.1 Å². The Morgan fingerprint density at radius 2 is 1.94 bits per heavy atom. The number of hydrogen-bond donors (Lipinski definition) is 0. The third-order valence-corrected chi connectivity index (χ3v) is 2.87. The van der Waals surface area contributed by atoms with Crippen molar-refractivity contribution in [1.82, 2.24) is 0 Å². The molecule has 0 radical (unpaired) electrons. The lowest BCUT2D eigenvalue weighted by atomic mass is 10.0. The fourth-order valence-electron chi connectivity index (χ4n) is 1.85. The Kier molecular flexibility index (Phi) is 3.60. The molecule has 1 atom stereocenters. The molecule has 1 aliphatic rings. The van der Waals surface area contributed by atoms with Crippen molar-refractivity contribution in [2.24, 2.45) is 5.92 Å².